The molecule has 2 rings (SSSR count). The number of aromatic hydroxyl groups is 1. The van der Waals surface area contributed by atoms with Crippen LogP contribution in [0, 0.1) is 13.8 Å². The van der Waals surface area contributed by atoms with Gasteiger partial charge in [0.15, 0.2) is 0 Å². The molecule has 0 saturated carbocycles. The molecule has 0 unspecified atom stereocenters. The Morgan fingerprint density at radius 2 is 1.79 bits per heavy atom. The number of aromatic nitrogens is 2. The van der Waals surface area contributed by atoms with Crippen molar-refractivity contribution in [2.24, 2.45) is 0 Å². The normalized spacial score (nSPS) is 10.3. The summed E-state index contributed by atoms with van der Waals surface area (Å²) in [5, 5.41) is 17.1. The van der Waals surface area contributed by atoms with Gasteiger partial charge in [-0.25, -0.2) is 0 Å². The number of aryl methyl sites for hydroxylation is 2. The van der Waals surface area contributed by atoms with E-state index in [4.69, 9.17) is 0 Å². The zero-order chi connectivity index (χ0) is 14.0. The van der Waals surface area contributed by atoms with E-state index in [0.717, 1.165) is 0 Å². The number of hydrogen-bond donors (Lipinski definition) is 1. The zero-order valence-corrected chi connectivity index (χ0v) is 11.1. The number of hydrogen-bond acceptors (Lipinski definition) is 4. The first kappa shape index (κ1) is 13.0. The fourth-order valence-corrected chi connectivity index (χ4v) is 1.74. The van der Waals surface area contributed by atoms with Crippen molar-refractivity contribution < 1.29 is 9.90 Å². The summed E-state index contributed by atoms with van der Waals surface area (Å²) in [6.07, 6.45) is 0. The van der Waals surface area contributed by atoms with Crippen LogP contribution in [-0.4, -0.2) is 28.3 Å². The van der Waals surface area contributed by atoms with Crippen molar-refractivity contribution in [1.29, 1.82) is 0 Å². The molecule has 1 aromatic heterocycles. The van der Waals surface area contributed by atoms with Crippen LogP contribution in [0.25, 0.3) is 0 Å². The molecule has 0 aliphatic heterocycles. The zero-order valence-electron chi connectivity index (χ0n) is 11.1. The van der Waals surface area contributed by atoms with Gasteiger partial charge < -0.3 is 10.0 Å². The van der Waals surface area contributed by atoms with E-state index < -0.39 is 0 Å². The Morgan fingerprint density at radius 1 is 1.16 bits per heavy atom. The summed E-state index contributed by atoms with van der Waals surface area (Å²) >= 11 is 0. The van der Waals surface area contributed by atoms with Gasteiger partial charge in [0.1, 0.15) is 5.75 Å². The highest BCUT2D eigenvalue weighted by Gasteiger charge is 2.17. The Balaban J connectivity index is 2.33. The second kappa shape index (κ2) is 5.06. The molecular formula is C14H15N3O2. The minimum atomic E-state index is -0.152. The van der Waals surface area contributed by atoms with Crippen LogP contribution in [0.3, 0.4) is 0 Å². The second-order valence-electron chi connectivity index (χ2n) is 4.37. The number of rotatable bonds is 2. The van der Waals surface area contributed by atoms with E-state index in [1.807, 2.05) is 0 Å². The first-order valence-electron chi connectivity index (χ1n) is 5.87. The lowest BCUT2D eigenvalue weighted by Gasteiger charge is -2.18. The van der Waals surface area contributed by atoms with E-state index in [2.05, 4.69) is 10.2 Å². The number of carbonyl (C=O) groups is 1. The average Bonchev–Trinajstić information content (AvgIpc) is 2.41. The fraction of sp³-hybridized carbons (Fsp3) is 0.214. The molecule has 0 aliphatic rings. The molecule has 98 valence electrons. The van der Waals surface area contributed by atoms with Crippen molar-refractivity contribution in [2.75, 3.05) is 11.9 Å². The van der Waals surface area contributed by atoms with Crippen molar-refractivity contribution in [1.82, 2.24) is 10.2 Å². The summed E-state index contributed by atoms with van der Waals surface area (Å²) < 4.78 is 0. The average molecular weight is 257 g/mol. The molecule has 19 heavy (non-hydrogen) atoms. The molecule has 1 N–H and O–H groups in total. The van der Waals surface area contributed by atoms with Crippen molar-refractivity contribution >= 4 is 11.6 Å². The number of carbonyl (C=O) groups excluding carboxylic acids is 1. The third-order valence-corrected chi connectivity index (χ3v) is 2.87. The van der Waals surface area contributed by atoms with Crippen molar-refractivity contribution in [2.45, 2.75) is 13.8 Å². The van der Waals surface area contributed by atoms with E-state index in [1.54, 1.807) is 51.2 Å². The van der Waals surface area contributed by atoms with Gasteiger partial charge >= 0.3 is 0 Å². The van der Waals surface area contributed by atoms with Crippen molar-refractivity contribution in [3.63, 3.8) is 0 Å². The largest absolute Gasteiger partial charge is 0.508 e. The smallest absolute Gasteiger partial charge is 0.259 e. The Labute approximate surface area is 111 Å². The maximum atomic E-state index is 12.4. The maximum absolute atomic E-state index is 12.4. The summed E-state index contributed by atoms with van der Waals surface area (Å²) in [5.41, 5.74) is 2.54. The topological polar surface area (TPSA) is 66.3 Å². The van der Waals surface area contributed by atoms with Crippen LogP contribution in [0.2, 0.25) is 0 Å². The molecular weight excluding hydrogens is 242 g/mol. The summed E-state index contributed by atoms with van der Waals surface area (Å²) in [5.74, 6) is 0.0170. The minimum absolute atomic E-state index is 0.152. The Bertz CT molecular complexity index is 609. The summed E-state index contributed by atoms with van der Waals surface area (Å²) in [7, 11) is 1.68. The quantitative estimate of drug-likeness (QED) is 0.894. The van der Waals surface area contributed by atoms with Gasteiger partial charge in [-0.05, 0) is 44.2 Å². The van der Waals surface area contributed by atoms with E-state index in [9.17, 15) is 9.90 Å². The van der Waals surface area contributed by atoms with E-state index in [-0.39, 0.29) is 11.7 Å². The second-order valence-corrected chi connectivity index (χ2v) is 4.37. The van der Waals surface area contributed by atoms with Gasteiger partial charge in [-0.2, -0.15) is 10.2 Å². The number of nitrogens with zero attached hydrogens (tertiary/aromatic N) is 3. The molecule has 2 aromatic rings. The van der Waals surface area contributed by atoms with Crippen LogP contribution < -0.4 is 4.90 Å². The van der Waals surface area contributed by atoms with Gasteiger partial charge in [0.05, 0.1) is 17.0 Å². The minimum Gasteiger partial charge on any atom is -0.508 e. The van der Waals surface area contributed by atoms with Crippen LogP contribution in [0.15, 0.2) is 30.3 Å². The number of phenolic OH excluding ortho intramolecular Hbond substituents is 1. The van der Waals surface area contributed by atoms with E-state index in [0.29, 0.717) is 22.6 Å². The molecule has 1 heterocycles. The van der Waals surface area contributed by atoms with Gasteiger partial charge in [0.25, 0.3) is 5.91 Å². The monoisotopic (exact) mass is 257 g/mol. The van der Waals surface area contributed by atoms with Crippen molar-refractivity contribution in [3.05, 3.63) is 47.3 Å². The van der Waals surface area contributed by atoms with Gasteiger partial charge in [-0.15, -0.1) is 0 Å². The highest BCUT2D eigenvalue weighted by atomic mass is 16.3. The van der Waals surface area contributed by atoms with Crippen molar-refractivity contribution in [3.8, 4) is 5.75 Å². The summed E-state index contributed by atoms with van der Waals surface area (Å²) in [4.78, 5) is 13.9. The lowest BCUT2D eigenvalue weighted by molar-refractivity contribution is 0.0991. The molecule has 0 aliphatic carbocycles. The Morgan fingerprint density at radius 3 is 2.42 bits per heavy atom. The standard InChI is InChI=1S/C14H15N3O2/c1-9-8-13(10(2)16-15-9)14(19)17(3)11-4-6-12(18)7-5-11/h4-8,18H,1-3H3. The molecule has 1 aromatic carbocycles. The van der Waals surface area contributed by atoms with E-state index in [1.165, 1.54) is 4.90 Å². The lowest BCUT2D eigenvalue weighted by Crippen LogP contribution is -2.27. The van der Waals surface area contributed by atoms with Gasteiger partial charge in [-0.1, -0.05) is 0 Å². The lowest BCUT2D eigenvalue weighted by atomic mass is 10.1. The molecule has 0 radical (unpaired) electrons. The van der Waals surface area contributed by atoms with Crippen LogP contribution in [0.5, 0.6) is 5.75 Å². The first-order valence-corrected chi connectivity index (χ1v) is 5.87. The number of anilines is 1. The molecule has 0 spiro atoms. The predicted octanol–water partition coefficient (Wildman–Crippen LogP) is 2.08. The maximum Gasteiger partial charge on any atom is 0.259 e. The summed E-state index contributed by atoms with van der Waals surface area (Å²) in [6, 6.07) is 8.18. The van der Waals surface area contributed by atoms with Gasteiger partial charge in [0.2, 0.25) is 0 Å². The fourth-order valence-electron chi connectivity index (χ4n) is 1.74. The highest BCUT2D eigenvalue weighted by molar-refractivity contribution is 6.06. The molecule has 0 fully saturated rings. The molecule has 5 heteroatoms. The summed E-state index contributed by atoms with van der Waals surface area (Å²) in [6.45, 7) is 3.55. The molecule has 1 amide bonds. The molecule has 0 atom stereocenters. The highest BCUT2D eigenvalue weighted by Crippen LogP contribution is 2.19. The van der Waals surface area contributed by atoms with Crippen LogP contribution in [0.1, 0.15) is 21.7 Å². The Kier molecular flexibility index (Phi) is 3.46. The van der Waals surface area contributed by atoms with Crippen LogP contribution >= 0.6 is 0 Å². The number of amides is 1. The van der Waals surface area contributed by atoms with Crippen LogP contribution in [-0.2, 0) is 0 Å². The van der Waals surface area contributed by atoms with Gasteiger partial charge in [-0.3, -0.25) is 4.79 Å². The number of benzene rings is 1. The van der Waals surface area contributed by atoms with Gasteiger partial charge in [0, 0.05) is 12.7 Å². The molecule has 5 nitrogen and oxygen atoms in total. The SMILES string of the molecule is Cc1cc(C(=O)N(C)c2ccc(O)cc2)c(C)nn1. The predicted molar refractivity (Wildman–Crippen MR) is 72.3 cm³/mol. The third kappa shape index (κ3) is 2.70. The first-order chi connectivity index (χ1) is 8.99. The third-order valence-electron chi connectivity index (χ3n) is 2.87. The Hall–Kier alpha value is -2.43. The van der Waals surface area contributed by atoms with E-state index >= 15 is 0 Å². The number of phenols is 1. The van der Waals surface area contributed by atoms with Crippen LogP contribution in [0.4, 0.5) is 5.69 Å². The molecule has 0 saturated heterocycles. The molecule has 0 bridgehead atoms.